The van der Waals surface area contributed by atoms with E-state index in [0.29, 0.717) is 0 Å². The highest BCUT2D eigenvalue weighted by atomic mass is 14.7. The molecule has 0 amide bonds. The summed E-state index contributed by atoms with van der Waals surface area (Å²) in [6, 6.07) is 60.0. The largest absolute Gasteiger partial charge is 0.247 e. The Morgan fingerprint density at radius 1 is 0.388 bits per heavy atom. The zero-order valence-electron chi connectivity index (χ0n) is 27.5. The Morgan fingerprint density at radius 2 is 0.878 bits per heavy atom. The number of rotatable bonds is 3. The van der Waals surface area contributed by atoms with Crippen LogP contribution in [0.5, 0.6) is 0 Å². The lowest BCUT2D eigenvalue weighted by Crippen LogP contribution is -2.16. The molecule has 1 heterocycles. The number of pyridine rings is 1. The standard InChI is InChI=1S/C48H33N/c1-48(2)43-18-10-8-16-39(43)47-46(48)45(40-17-9-11-19-44(40)49-47)32-22-20-31(21-23-32)34-25-27-38-37-26-24-33(30-12-4-3-5-13-30)28-41(37)35-14-6-7-15-36(35)42(38)29-34/h3-29H,1-2H3. The van der Waals surface area contributed by atoms with Crippen molar-refractivity contribution < 1.29 is 0 Å². The van der Waals surface area contributed by atoms with Gasteiger partial charge in [-0.05, 0) is 95.0 Å². The van der Waals surface area contributed by atoms with E-state index in [1.807, 2.05) is 0 Å². The van der Waals surface area contributed by atoms with Gasteiger partial charge in [-0.25, -0.2) is 4.98 Å². The van der Waals surface area contributed by atoms with E-state index in [4.69, 9.17) is 4.98 Å². The zero-order valence-corrected chi connectivity index (χ0v) is 27.5. The second kappa shape index (κ2) is 10.5. The highest BCUT2D eigenvalue weighted by Gasteiger charge is 2.39. The van der Waals surface area contributed by atoms with E-state index in [1.165, 1.54) is 87.8 Å². The lowest BCUT2D eigenvalue weighted by atomic mass is 9.78. The third-order valence-corrected chi connectivity index (χ3v) is 10.8. The smallest absolute Gasteiger partial charge is 0.0759 e. The van der Waals surface area contributed by atoms with Crippen LogP contribution in [0.3, 0.4) is 0 Å². The molecule has 0 bridgehead atoms. The van der Waals surface area contributed by atoms with Gasteiger partial charge in [-0.2, -0.15) is 0 Å². The first kappa shape index (κ1) is 28.0. The summed E-state index contributed by atoms with van der Waals surface area (Å²) in [5, 5.41) is 8.94. The van der Waals surface area contributed by atoms with Crippen LogP contribution >= 0.6 is 0 Å². The van der Waals surface area contributed by atoms with Gasteiger partial charge in [0.2, 0.25) is 0 Å². The molecule has 1 heteroatoms. The molecule has 0 saturated heterocycles. The molecule has 0 radical (unpaired) electrons. The van der Waals surface area contributed by atoms with Crippen molar-refractivity contribution in [1.82, 2.24) is 4.98 Å². The normalized spacial score (nSPS) is 13.3. The van der Waals surface area contributed by atoms with Crippen LogP contribution in [0.4, 0.5) is 0 Å². The van der Waals surface area contributed by atoms with Crippen LogP contribution in [0.15, 0.2) is 164 Å². The topological polar surface area (TPSA) is 12.9 Å². The molecule has 0 N–H and O–H groups in total. The fourth-order valence-electron chi connectivity index (χ4n) is 8.46. The Kier molecular flexibility index (Phi) is 5.99. The van der Waals surface area contributed by atoms with E-state index in [9.17, 15) is 0 Å². The minimum atomic E-state index is -0.152. The Bertz CT molecular complexity index is 2750. The summed E-state index contributed by atoms with van der Waals surface area (Å²) in [4.78, 5) is 5.24. The Labute approximate surface area is 286 Å². The molecule has 0 unspecified atom stereocenters. The maximum Gasteiger partial charge on any atom is 0.0759 e. The van der Waals surface area contributed by atoms with Crippen LogP contribution in [0.1, 0.15) is 25.0 Å². The fraction of sp³-hybridized carbons (Fsp3) is 0.0625. The molecule has 230 valence electrons. The predicted octanol–water partition coefficient (Wildman–Crippen LogP) is 13.0. The summed E-state index contributed by atoms with van der Waals surface area (Å²) in [5.74, 6) is 0. The first-order valence-corrected chi connectivity index (χ1v) is 17.1. The van der Waals surface area contributed by atoms with Crippen LogP contribution in [-0.2, 0) is 5.41 Å². The van der Waals surface area contributed by atoms with Crippen LogP contribution in [0.25, 0.3) is 87.9 Å². The molecule has 8 aromatic carbocycles. The highest BCUT2D eigenvalue weighted by molar-refractivity contribution is 6.26. The van der Waals surface area contributed by atoms with Gasteiger partial charge < -0.3 is 0 Å². The summed E-state index contributed by atoms with van der Waals surface area (Å²) in [6.07, 6.45) is 0. The van der Waals surface area contributed by atoms with E-state index in [2.05, 4.69) is 178 Å². The molecule has 1 aliphatic carbocycles. The molecule has 0 spiro atoms. The second-order valence-electron chi connectivity index (χ2n) is 13.9. The minimum Gasteiger partial charge on any atom is -0.247 e. The van der Waals surface area contributed by atoms with Crippen molar-refractivity contribution in [3.63, 3.8) is 0 Å². The van der Waals surface area contributed by atoms with Crippen LogP contribution in [0, 0.1) is 0 Å². The van der Waals surface area contributed by atoms with Gasteiger partial charge >= 0.3 is 0 Å². The highest BCUT2D eigenvalue weighted by Crippen LogP contribution is 2.53. The van der Waals surface area contributed by atoms with E-state index in [-0.39, 0.29) is 5.41 Å². The van der Waals surface area contributed by atoms with Crippen molar-refractivity contribution in [3.8, 4) is 44.6 Å². The molecule has 1 nitrogen and oxygen atoms in total. The van der Waals surface area contributed by atoms with E-state index in [0.717, 1.165) is 11.2 Å². The molecular weight excluding hydrogens is 591 g/mol. The van der Waals surface area contributed by atoms with Crippen molar-refractivity contribution in [2.24, 2.45) is 0 Å². The third kappa shape index (κ3) is 4.15. The molecule has 9 aromatic rings. The van der Waals surface area contributed by atoms with E-state index >= 15 is 0 Å². The summed E-state index contributed by atoms with van der Waals surface area (Å²) >= 11 is 0. The van der Waals surface area contributed by atoms with Crippen molar-refractivity contribution in [2.45, 2.75) is 19.3 Å². The number of hydrogen-bond donors (Lipinski definition) is 0. The lowest BCUT2D eigenvalue weighted by Gasteiger charge is -2.25. The molecule has 1 aliphatic rings. The molecular formula is C48H33N. The minimum absolute atomic E-state index is 0.152. The molecule has 0 fully saturated rings. The first-order chi connectivity index (χ1) is 24.1. The molecule has 1 aromatic heterocycles. The number of para-hydroxylation sites is 1. The summed E-state index contributed by atoms with van der Waals surface area (Å²) in [5.41, 5.74) is 13.4. The zero-order chi connectivity index (χ0) is 32.7. The Morgan fingerprint density at radius 3 is 1.55 bits per heavy atom. The van der Waals surface area contributed by atoms with E-state index < -0.39 is 0 Å². The predicted molar refractivity (Wildman–Crippen MR) is 208 cm³/mol. The number of nitrogens with zero attached hydrogens (tertiary/aromatic N) is 1. The van der Waals surface area contributed by atoms with E-state index in [1.54, 1.807) is 0 Å². The fourth-order valence-corrected chi connectivity index (χ4v) is 8.46. The van der Waals surface area contributed by atoms with Gasteiger partial charge in [0, 0.05) is 16.4 Å². The molecule has 10 rings (SSSR count). The van der Waals surface area contributed by atoms with Crippen LogP contribution in [0.2, 0.25) is 0 Å². The average molecular weight is 624 g/mol. The van der Waals surface area contributed by atoms with Gasteiger partial charge in [-0.3, -0.25) is 0 Å². The number of benzene rings is 8. The monoisotopic (exact) mass is 623 g/mol. The lowest BCUT2D eigenvalue weighted by molar-refractivity contribution is 0.662. The molecule has 0 atom stereocenters. The first-order valence-electron chi connectivity index (χ1n) is 17.1. The maximum atomic E-state index is 5.24. The van der Waals surface area contributed by atoms with Gasteiger partial charge in [0.1, 0.15) is 0 Å². The second-order valence-corrected chi connectivity index (χ2v) is 13.9. The third-order valence-electron chi connectivity index (χ3n) is 10.8. The summed E-state index contributed by atoms with van der Waals surface area (Å²) in [6.45, 7) is 4.69. The van der Waals surface area contributed by atoms with Crippen molar-refractivity contribution in [2.75, 3.05) is 0 Å². The average Bonchev–Trinajstić information content (AvgIpc) is 3.39. The van der Waals surface area contributed by atoms with Crippen LogP contribution < -0.4 is 0 Å². The van der Waals surface area contributed by atoms with Crippen molar-refractivity contribution >= 4 is 43.2 Å². The van der Waals surface area contributed by atoms with Gasteiger partial charge in [0.05, 0.1) is 11.2 Å². The molecule has 0 aliphatic heterocycles. The van der Waals surface area contributed by atoms with Gasteiger partial charge in [-0.15, -0.1) is 0 Å². The molecule has 0 saturated carbocycles. The number of fused-ring (bicyclic) bond motifs is 10. The SMILES string of the molecule is CC1(C)c2ccccc2-c2nc3ccccc3c(-c3ccc(-c4ccc5c6ccc(-c7ccccc7)cc6c6ccccc6c5c4)cc3)c21. The quantitative estimate of drug-likeness (QED) is 0.178. The summed E-state index contributed by atoms with van der Waals surface area (Å²) < 4.78 is 0. The van der Waals surface area contributed by atoms with Crippen LogP contribution in [-0.4, -0.2) is 4.98 Å². The Balaban J connectivity index is 1.12. The van der Waals surface area contributed by atoms with Crippen molar-refractivity contribution in [3.05, 3.63) is 175 Å². The maximum absolute atomic E-state index is 5.24. The van der Waals surface area contributed by atoms with Gasteiger partial charge in [0.25, 0.3) is 0 Å². The number of hydrogen-bond acceptors (Lipinski definition) is 1. The number of aromatic nitrogens is 1. The Hall–Kier alpha value is -6.05. The van der Waals surface area contributed by atoms with Gasteiger partial charge in [-0.1, -0.05) is 159 Å². The van der Waals surface area contributed by atoms with Gasteiger partial charge in [0.15, 0.2) is 0 Å². The van der Waals surface area contributed by atoms with Crippen molar-refractivity contribution in [1.29, 1.82) is 0 Å². The molecule has 49 heavy (non-hydrogen) atoms. The summed E-state index contributed by atoms with van der Waals surface area (Å²) in [7, 11) is 0.